The number of thioether (sulfide) groups is 1. The molecule has 0 N–H and O–H groups in total. The first-order valence-electron chi connectivity index (χ1n) is 10.9. The lowest BCUT2D eigenvalue weighted by Gasteiger charge is -2.22. The highest BCUT2D eigenvalue weighted by Gasteiger charge is 2.35. The molecule has 3 aromatic rings. The van der Waals surface area contributed by atoms with Crippen molar-refractivity contribution in [2.75, 3.05) is 6.54 Å². The summed E-state index contributed by atoms with van der Waals surface area (Å²) in [4.78, 5) is 27.9. The molecule has 5 rings (SSSR count). The zero-order valence-electron chi connectivity index (χ0n) is 17.5. The maximum atomic E-state index is 13.4. The Morgan fingerprint density at radius 1 is 0.969 bits per heavy atom. The molecule has 1 atom stereocenters. The number of carbonyl (C=O) groups excluding carboxylic acids is 2. The van der Waals surface area contributed by atoms with Crippen LogP contribution in [-0.4, -0.2) is 43.3 Å². The number of hydrogen-bond acceptors (Lipinski definition) is 5. The van der Waals surface area contributed by atoms with Crippen LogP contribution >= 0.6 is 23.4 Å². The monoisotopic (exact) mass is 466 g/mol. The van der Waals surface area contributed by atoms with Gasteiger partial charge >= 0.3 is 0 Å². The van der Waals surface area contributed by atoms with Crippen LogP contribution in [0, 0.1) is 0 Å². The van der Waals surface area contributed by atoms with Gasteiger partial charge in [0.1, 0.15) is 5.82 Å². The fourth-order valence-electron chi connectivity index (χ4n) is 3.98. The molecule has 2 amide bonds. The summed E-state index contributed by atoms with van der Waals surface area (Å²) in [5, 5.41) is 9.81. The summed E-state index contributed by atoms with van der Waals surface area (Å²) >= 11 is 7.37. The molecule has 1 aliphatic heterocycles. The van der Waals surface area contributed by atoms with Crippen LogP contribution in [-0.2, 0) is 4.79 Å². The van der Waals surface area contributed by atoms with E-state index in [0.29, 0.717) is 34.6 Å². The van der Waals surface area contributed by atoms with E-state index in [0.717, 1.165) is 37.2 Å². The minimum Gasteiger partial charge on any atom is -0.278 e. The van der Waals surface area contributed by atoms with Crippen molar-refractivity contribution in [3.63, 3.8) is 0 Å². The van der Waals surface area contributed by atoms with Gasteiger partial charge in [-0.15, -0.1) is 10.2 Å². The Labute approximate surface area is 196 Å². The molecule has 1 aliphatic carbocycles. The van der Waals surface area contributed by atoms with Gasteiger partial charge in [-0.25, -0.2) is 0 Å². The predicted molar refractivity (Wildman–Crippen MR) is 124 cm³/mol. The van der Waals surface area contributed by atoms with E-state index in [1.54, 1.807) is 24.3 Å². The van der Waals surface area contributed by atoms with E-state index in [-0.39, 0.29) is 17.1 Å². The number of carbonyl (C=O) groups is 2. The number of halogens is 1. The maximum Gasteiger partial charge on any atom is 0.260 e. The van der Waals surface area contributed by atoms with Crippen LogP contribution in [0.1, 0.15) is 54.2 Å². The minimum absolute atomic E-state index is 0.164. The number of rotatable bonds is 5. The van der Waals surface area contributed by atoms with Crippen LogP contribution in [0.25, 0.3) is 5.69 Å². The fraction of sp³-hybridized carbons (Fsp3) is 0.333. The maximum absolute atomic E-state index is 13.4. The Morgan fingerprint density at radius 3 is 2.44 bits per heavy atom. The lowest BCUT2D eigenvalue weighted by Crippen LogP contribution is -2.41. The van der Waals surface area contributed by atoms with Crippen molar-refractivity contribution in [1.82, 2.24) is 19.7 Å². The van der Waals surface area contributed by atoms with E-state index in [4.69, 9.17) is 11.6 Å². The SMILES string of the molecule is O=C(c1ccc(Cl)cc1)N1CCCC[C@H](Sc2nnc(C3CC3)n2-c2ccccc2)C1=O. The van der Waals surface area contributed by atoms with Crippen LogP contribution in [0.4, 0.5) is 0 Å². The highest BCUT2D eigenvalue weighted by Crippen LogP contribution is 2.42. The molecular weight excluding hydrogens is 444 g/mol. The number of amides is 2. The summed E-state index contributed by atoms with van der Waals surface area (Å²) in [5.74, 6) is 0.934. The van der Waals surface area contributed by atoms with Gasteiger partial charge in [0.15, 0.2) is 5.16 Å². The van der Waals surface area contributed by atoms with E-state index in [9.17, 15) is 9.59 Å². The number of para-hydroxylation sites is 1. The molecule has 2 aromatic carbocycles. The highest BCUT2D eigenvalue weighted by atomic mass is 35.5. The van der Waals surface area contributed by atoms with Gasteiger partial charge in [0, 0.05) is 28.7 Å². The normalized spacial score (nSPS) is 19.1. The zero-order chi connectivity index (χ0) is 22.1. The first-order chi connectivity index (χ1) is 15.6. The summed E-state index contributed by atoms with van der Waals surface area (Å²) in [6.45, 7) is 0.427. The molecule has 2 aliphatic rings. The second kappa shape index (κ2) is 9.08. The van der Waals surface area contributed by atoms with E-state index in [1.807, 2.05) is 30.3 Å². The van der Waals surface area contributed by atoms with E-state index in [1.165, 1.54) is 16.7 Å². The van der Waals surface area contributed by atoms with Crippen molar-refractivity contribution in [3.05, 3.63) is 71.0 Å². The van der Waals surface area contributed by atoms with Crippen LogP contribution in [0.15, 0.2) is 59.8 Å². The largest absolute Gasteiger partial charge is 0.278 e. The van der Waals surface area contributed by atoms with E-state index < -0.39 is 0 Å². The van der Waals surface area contributed by atoms with Crippen LogP contribution < -0.4 is 0 Å². The van der Waals surface area contributed by atoms with Crippen molar-refractivity contribution >= 4 is 35.2 Å². The lowest BCUT2D eigenvalue weighted by molar-refractivity contribution is -0.127. The van der Waals surface area contributed by atoms with Crippen molar-refractivity contribution in [1.29, 1.82) is 0 Å². The number of hydrogen-bond donors (Lipinski definition) is 0. The van der Waals surface area contributed by atoms with Crippen LogP contribution in [0.3, 0.4) is 0 Å². The molecular formula is C24H23ClN4O2S. The molecule has 1 aromatic heterocycles. The van der Waals surface area contributed by atoms with Crippen molar-refractivity contribution in [2.45, 2.75) is 48.4 Å². The second-order valence-corrected chi connectivity index (χ2v) is 9.80. The minimum atomic E-state index is -0.382. The summed E-state index contributed by atoms with van der Waals surface area (Å²) < 4.78 is 2.08. The number of nitrogens with zero attached hydrogens (tertiary/aromatic N) is 4. The van der Waals surface area contributed by atoms with Gasteiger partial charge in [0.2, 0.25) is 5.91 Å². The smallest absolute Gasteiger partial charge is 0.260 e. The summed E-state index contributed by atoms with van der Waals surface area (Å²) in [6.07, 6.45) is 4.60. The number of likely N-dealkylation sites (tertiary alicyclic amines) is 1. The van der Waals surface area contributed by atoms with Crippen molar-refractivity contribution < 1.29 is 9.59 Å². The van der Waals surface area contributed by atoms with Gasteiger partial charge in [-0.1, -0.05) is 48.0 Å². The molecule has 32 heavy (non-hydrogen) atoms. The molecule has 164 valence electrons. The molecule has 0 bridgehead atoms. The molecule has 6 nitrogen and oxygen atoms in total. The van der Waals surface area contributed by atoms with Gasteiger partial charge in [-0.05, 0) is 62.1 Å². The molecule has 1 saturated heterocycles. The summed E-state index contributed by atoms with van der Waals surface area (Å²) in [6, 6.07) is 16.7. The number of benzene rings is 2. The third-order valence-electron chi connectivity index (χ3n) is 5.84. The average molecular weight is 467 g/mol. The predicted octanol–water partition coefficient (Wildman–Crippen LogP) is 5.11. The fourth-order valence-corrected chi connectivity index (χ4v) is 5.26. The van der Waals surface area contributed by atoms with Gasteiger partial charge in [0.25, 0.3) is 5.91 Å². The first kappa shape index (κ1) is 21.2. The standard InChI is InChI=1S/C24H23ClN4O2S/c25-18-13-11-17(12-14-18)22(30)28-15-5-4-8-20(23(28)31)32-24-27-26-21(16-9-10-16)29(24)19-6-2-1-3-7-19/h1-3,6-7,11-14,16,20H,4-5,8-10,15H2/t20-/m0/s1. The summed E-state index contributed by atoms with van der Waals surface area (Å²) in [5.41, 5.74) is 1.47. The number of imide groups is 1. The highest BCUT2D eigenvalue weighted by molar-refractivity contribution is 8.00. The first-order valence-corrected chi connectivity index (χ1v) is 12.2. The molecule has 1 saturated carbocycles. The number of aromatic nitrogens is 3. The van der Waals surface area contributed by atoms with Gasteiger partial charge < -0.3 is 0 Å². The van der Waals surface area contributed by atoms with Crippen molar-refractivity contribution in [3.8, 4) is 5.69 Å². The Kier molecular flexibility index (Phi) is 6.02. The van der Waals surface area contributed by atoms with Gasteiger partial charge in [-0.3, -0.25) is 19.1 Å². The topological polar surface area (TPSA) is 68.1 Å². The molecule has 0 radical (unpaired) electrons. The van der Waals surface area contributed by atoms with Crippen molar-refractivity contribution in [2.24, 2.45) is 0 Å². The second-order valence-electron chi connectivity index (χ2n) is 8.19. The van der Waals surface area contributed by atoms with E-state index >= 15 is 0 Å². The Balaban J connectivity index is 1.42. The van der Waals surface area contributed by atoms with Gasteiger partial charge in [0.05, 0.1) is 5.25 Å². The third kappa shape index (κ3) is 4.32. The summed E-state index contributed by atoms with van der Waals surface area (Å²) in [7, 11) is 0. The Bertz CT molecular complexity index is 1130. The van der Waals surface area contributed by atoms with Crippen LogP contribution in [0.5, 0.6) is 0 Å². The van der Waals surface area contributed by atoms with E-state index in [2.05, 4.69) is 14.8 Å². The molecule has 2 fully saturated rings. The molecule has 2 heterocycles. The Morgan fingerprint density at radius 2 is 1.72 bits per heavy atom. The average Bonchev–Trinajstić information content (AvgIpc) is 3.60. The quantitative estimate of drug-likeness (QED) is 0.488. The molecule has 0 unspecified atom stereocenters. The zero-order valence-corrected chi connectivity index (χ0v) is 19.1. The lowest BCUT2D eigenvalue weighted by atomic mass is 10.2. The van der Waals surface area contributed by atoms with Gasteiger partial charge in [-0.2, -0.15) is 0 Å². The molecule has 0 spiro atoms. The Hall–Kier alpha value is -2.64. The third-order valence-corrected chi connectivity index (χ3v) is 7.29. The molecule has 8 heteroatoms. The van der Waals surface area contributed by atoms with Crippen LogP contribution in [0.2, 0.25) is 5.02 Å².